The molecule has 0 radical (unpaired) electrons. The van der Waals surface area contributed by atoms with Crippen molar-refractivity contribution in [1.82, 2.24) is 4.98 Å². The van der Waals surface area contributed by atoms with Crippen molar-refractivity contribution in [2.24, 2.45) is 0 Å². The van der Waals surface area contributed by atoms with Gasteiger partial charge in [0.05, 0.1) is 12.1 Å². The highest BCUT2D eigenvalue weighted by Gasteiger charge is 2.10. The Morgan fingerprint density at radius 1 is 1.12 bits per heavy atom. The predicted octanol–water partition coefficient (Wildman–Crippen LogP) is 2.32. The van der Waals surface area contributed by atoms with Crippen LogP contribution in [0.15, 0.2) is 48.7 Å². The van der Waals surface area contributed by atoms with E-state index in [1.165, 1.54) is 0 Å². The maximum Gasteiger partial charge on any atom is 0.168 e. The lowest BCUT2D eigenvalue weighted by molar-refractivity contribution is 0.0992. The first kappa shape index (κ1) is 11.2. The SMILES string of the molecule is O=Cc1cccnc1CC(=O)c1ccccc1. The van der Waals surface area contributed by atoms with E-state index in [1.807, 2.05) is 18.2 Å². The van der Waals surface area contributed by atoms with Gasteiger partial charge >= 0.3 is 0 Å². The summed E-state index contributed by atoms with van der Waals surface area (Å²) >= 11 is 0. The summed E-state index contributed by atoms with van der Waals surface area (Å²) in [5, 5.41) is 0. The number of carbonyl (C=O) groups is 2. The fourth-order valence-electron chi connectivity index (χ4n) is 1.58. The summed E-state index contributed by atoms with van der Waals surface area (Å²) in [6.07, 6.45) is 2.46. The normalized spacial score (nSPS) is 9.88. The van der Waals surface area contributed by atoms with Gasteiger partial charge in [0.15, 0.2) is 12.1 Å². The third kappa shape index (κ3) is 2.64. The number of Topliss-reactive ketones (excluding diaryl/α,β-unsaturated/α-hetero) is 1. The minimum absolute atomic E-state index is 0.0348. The topological polar surface area (TPSA) is 47.0 Å². The molecule has 0 atom stereocenters. The van der Waals surface area contributed by atoms with Gasteiger partial charge in [0, 0.05) is 17.3 Å². The second-order valence-electron chi connectivity index (χ2n) is 3.62. The molecule has 0 saturated carbocycles. The number of hydrogen-bond acceptors (Lipinski definition) is 3. The molecule has 3 nitrogen and oxygen atoms in total. The molecule has 3 heteroatoms. The Morgan fingerprint density at radius 2 is 1.88 bits per heavy atom. The number of nitrogens with zero attached hydrogens (tertiary/aromatic N) is 1. The first-order valence-electron chi connectivity index (χ1n) is 5.28. The Balaban J connectivity index is 2.22. The highest BCUT2D eigenvalue weighted by atomic mass is 16.1. The lowest BCUT2D eigenvalue weighted by Crippen LogP contribution is -2.07. The van der Waals surface area contributed by atoms with Crippen LogP contribution in [-0.4, -0.2) is 17.1 Å². The number of hydrogen-bond donors (Lipinski definition) is 0. The van der Waals surface area contributed by atoms with Gasteiger partial charge in [-0.05, 0) is 12.1 Å². The minimum atomic E-state index is -0.0348. The number of aldehydes is 1. The van der Waals surface area contributed by atoms with Crippen molar-refractivity contribution in [3.8, 4) is 0 Å². The molecule has 0 aliphatic rings. The van der Waals surface area contributed by atoms with Gasteiger partial charge in [-0.1, -0.05) is 30.3 Å². The van der Waals surface area contributed by atoms with E-state index in [4.69, 9.17) is 0 Å². The molecule has 0 aliphatic carbocycles. The quantitative estimate of drug-likeness (QED) is 0.592. The molecule has 0 saturated heterocycles. The van der Waals surface area contributed by atoms with Crippen molar-refractivity contribution in [3.63, 3.8) is 0 Å². The van der Waals surface area contributed by atoms with Crippen LogP contribution < -0.4 is 0 Å². The Kier molecular flexibility index (Phi) is 3.40. The Bertz CT molecular complexity index is 535. The number of pyridine rings is 1. The molecule has 1 heterocycles. The smallest absolute Gasteiger partial charge is 0.168 e. The Hall–Kier alpha value is -2.29. The van der Waals surface area contributed by atoms with E-state index >= 15 is 0 Å². The Labute approximate surface area is 99.1 Å². The van der Waals surface area contributed by atoms with E-state index < -0.39 is 0 Å². The van der Waals surface area contributed by atoms with Crippen molar-refractivity contribution in [1.29, 1.82) is 0 Å². The summed E-state index contributed by atoms with van der Waals surface area (Å²) in [5.41, 5.74) is 1.63. The lowest BCUT2D eigenvalue weighted by atomic mass is 10.0. The molecule has 17 heavy (non-hydrogen) atoms. The predicted molar refractivity (Wildman–Crippen MR) is 64.1 cm³/mol. The number of ketones is 1. The summed E-state index contributed by atoms with van der Waals surface area (Å²) in [5.74, 6) is -0.0348. The zero-order valence-corrected chi connectivity index (χ0v) is 9.17. The average molecular weight is 225 g/mol. The highest BCUT2D eigenvalue weighted by Crippen LogP contribution is 2.08. The maximum atomic E-state index is 11.9. The Morgan fingerprint density at radius 3 is 2.59 bits per heavy atom. The van der Waals surface area contributed by atoms with Gasteiger partial charge in [-0.25, -0.2) is 0 Å². The zero-order valence-electron chi connectivity index (χ0n) is 9.17. The highest BCUT2D eigenvalue weighted by molar-refractivity contribution is 5.98. The minimum Gasteiger partial charge on any atom is -0.298 e. The van der Waals surface area contributed by atoms with Gasteiger partial charge in [-0.2, -0.15) is 0 Å². The average Bonchev–Trinajstić information content (AvgIpc) is 2.40. The van der Waals surface area contributed by atoms with Gasteiger partial charge in [-0.15, -0.1) is 0 Å². The monoisotopic (exact) mass is 225 g/mol. The van der Waals surface area contributed by atoms with Crippen LogP contribution in [-0.2, 0) is 6.42 Å². The molecule has 0 N–H and O–H groups in total. The van der Waals surface area contributed by atoms with Crippen molar-refractivity contribution < 1.29 is 9.59 Å². The molecule has 1 aromatic heterocycles. The van der Waals surface area contributed by atoms with E-state index in [0.29, 0.717) is 16.8 Å². The molecule has 1 aromatic carbocycles. The van der Waals surface area contributed by atoms with Gasteiger partial charge in [0.25, 0.3) is 0 Å². The summed E-state index contributed by atoms with van der Waals surface area (Å²) in [7, 11) is 0. The molecule has 84 valence electrons. The van der Waals surface area contributed by atoms with E-state index in [2.05, 4.69) is 4.98 Å². The largest absolute Gasteiger partial charge is 0.298 e. The molecule has 0 bridgehead atoms. The molecule has 0 amide bonds. The van der Waals surface area contributed by atoms with Crippen LogP contribution in [0.3, 0.4) is 0 Å². The molecular weight excluding hydrogens is 214 g/mol. The van der Waals surface area contributed by atoms with Crippen LogP contribution >= 0.6 is 0 Å². The van der Waals surface area contributed by atoms with Crippen molar-refractivity contribution >= 4 is 12.1 Å². The summed E-state index contributed by atoms with van der Waals surface area (Å²) < 4.78 is 0. The molecule has 0 spiro atoms. The number of carbonyl (C=O) groups excluding carboxylic acids is 2. The fraction of sp³-hybridized carbons (Fsp3) is 0.0714. The molecule has 0 fully saturated rings. The van der Waals surface area contributed by atoms with E-state index in [9.17, 15) is 9.59 Å². The summed E-state index contributed by atoms with van der Waals surface area (Å²) in [4.78, 5) is 26.8. The van der Waals surface area contributed by atoms with Crippen LogP contribution in [0, 0.1) is 0 Å². The lowest BCUT2D eigenvalue weighted by Gasteiger charge is -2.02. The van der Waals surface area contributed by atoms with E-state index in [1.54, 1.807) is 30.5 Å². The second kappa shape index (κ2) is 5.16. The molecule has 0 unspecified atom stereocenters. The van der Waals surface area contributed by atoms with Crippen molar-refractivity contribution in [2.45, 2.75) is 6.42 Å². The van der Waals surface area contributed by atoms with Crippen LogP contribution in [0.1, 0.15) is 26.4 Å². The molecular formula is C14H11NO2. The van der Waals surface area contributed by atoms with Crippen molar-refractivity contribution in [2.75, 3.05) is 0 Å². The summed E-state index contributed by atoms with van der Waals surface area (Å²) in [6, 6.07) is 12.3. The number of benzene rings is 1. The van der Waals surface area contributed by atoms with Crippen LogP contribution in [0.5, 0.6) is 0 Å². The number of aromatic nitrogens is 1. The molecule has 2 aromatic rings. The first-order chi connectivity index (χ1) is 8.31. The van der Waals surface area contributed by atoms with Crippen LogP contribution in [0.4, 0.5) is 0 Å². The van der Waals surface area contributed by atoms with Crippen LogP contribution in [0.2, 0.25) is 0 Å². The standard InChI is InChI=1S/C14H11NO2/c16-10-12-7-4-8-15-13(12)9-14(17)11-5-2-1-3-6-11/h1-8,10H,9H2. The second-order valence-corrected chi connectivity index (χ2v) is 3.62. The van der Waals surface area contributed by atoms with Crippen molar-refractivity contribution in [3.05, 3.63) is 65.5 Å². The summed E-state index contributed by atoms with van der Waals surface area (Å²) in [6.45, 7) is 0. The molecule has 0 aliphatic heterocycles. The fourth-order valence-corrected chi connectivity index (χ4v) is 1.58. The van der Waals surface area contributed by atoms with Gasteiger partial charge in [0.2, 0.25) is 0 Å². The van der Waals surface area contributed by atoms with E-state index in [-0.39, 0.29) is 12.2 Å². The third-order valence-corrected chi connectivity index (χ3v) is 2.48. The zero-order chi connectivity index (χ0) is 12.1. The first-order valence-corrected chi connectivity index (χ1v) is 5.28. The maximum absolute atomic E-state index is 11.9. The van der Waals surface area contributed by atoms with Gasteiger partial charge < -0.3 is 0 Å². The van der Waals surface area contributed by atoms with Gasteiger partial charge in [-0.3, -0.25) is 14.6 Å². The third-order valence-electron chi connectivity index (χ3n) is 2.48. The number of rotatable bonds is 4. The van der Waals surface area contributed by atoms with Gasteiger partial charge in [0.1, 0.15) is 0 Å². The molecule has 2 rings (SSSR count). The van der Waals surface area contributed by atoms with Crippen LogP contribution in [0.25, 0.3) is 0 Å². The van der Waals surface area contributed by atoms with E-state index in [0.717, 1.165) is 6.29 Å².